The van der Waals surface area contributed by atoms with Gasteiger partial charge in [-0.25, -0.2) is 0 Å². The van der Waals surface area contributed by atoms with Gasteiger partial charge in [-0.3, -0.25) is 10.1 Å². The van der Waals surface area contributed by atoms with Crippen molar-refractivity contribution in [1.82, 2.24) is 5.32 Å². The largest absolute Gasteiger partial charge is 0.506 e. The fourth-order valence-electron chi connectivity index (χ4n) is 1.49. The van der Waals surface area contributed by atoms with Gasteiger partial charge in [0.25, 0.3) is 0 Å². The molecule has 0 spiro atoms. The molecule has 3 N–H and O–H groups in total. The van der Waals surface area contributed by atoms with Crippen LogP contribution in [0.3, 0.4) is 0 Å². The van der Waals surface area contributed by atoms with Crippen molar-refractivity contribution in [3.05, 3.63) is 28.8 Å². The van der Waals surface area contributed by atoms with Crippen LogP contribution in [-0.4, -0.2) is 28.0 Å². The molecule has 1 aliphatic heterocycles. The summed E-state index contributed by atoms with van der Waals surface area (Å²) >= 11 is 7.30. The van der Waals surface area contributed by atoms with Crippen LogP contribution in [-0.2, 0) is 4.79 Å². The lowest BCUT2D eigenvalue weighted by atomic mass is 10.2. The number of thioether (sulfide) groups is 1. The van der Waals surface area contributed by atoms with Crippen LogP contribution in [0.2, 0.25) is 5.02 Å². The minimum atomic E-state index is -0.847. The molecular formula is C10H10ClNO3S. The normalized spacial score (nSPS) is 24.6. The van der Waals surface area contributed by atoms with E-state index in [-0.39, 0.29) is 16.1 Å². The predicted molar refractivity (Wildman–Crippen MR) is 62.9 cm³/mol. The molecule has 1 aromatic rings. The molecule has 2 atom stereocenters. The van der Waals surface area contributed by atoms with Gasteiger partial charge in [-0.1, -0.05) is 17.7 Å². The predicted octanol–water partition coefficient (Wildman–Crippen LogP) is 1.83. The second-order valence-corrected chi connectivity index (χ2v) is 5.03. The number of carboxylic acid groups (broad SMARTS) is 1. The van der Waals surface area contributed by atoms with E-state index in [0.717, 1.165) is 5.56 Å². The van der Waals surface area contributed by atoms with Crippen LogP contribution in [0.1, 0.15) is 10.9 Å². The molecule has 0 saturated carbocycles. The summed E-state index contributed by atoms with van der Waals surface area (Å²) in [4.78, 5) is 10.8. The molecule has 1 saturated heterocycles. The molecule has 0 radical (unpaired) electrons. The molecule has 6 heteroatoms. The van der Waals surface area contributed by atoms with Crippen molar-refractivity contribution in [2.45, 2.75) is 11.4 Å². The fourth-order valence-corrected chi connectivity index (χ4v) is 2.90. The summed E-state index contributed by atoms with van der Waals surface area (Å²) in [6.45, 7) is 0. The maximum absolute atomic E-state index is 10.8. The SMILES string of the molecule is O=C(O)[C@H]1CS[C@H](c2ccc(O)c(Cl)c2)N1. The average molecular weight is 260 g/mol. The lowest BCUT2D eigenvalue weighted by Crippen LogP contribution is -2.33. The van der Waals surface area contributed by atoms with Crippen molar-refractivity contribution in [3.63, 3.8) is 0 Å². The number of benzene rings is 1. The van der Waals surface area contributed by atoms with E-state index < -0.39 is 12.0 Å². The molecule has 0 aliphatic carbocycles. The van der Waals surface area contributed by atoms with E-state index in [1.54, 1.807) is 12.1 Å². The molecule has 1 aliphatic rings. The maximum Gasteiger partial charge on any atom is 0.321 e. The second-order valence-electron chi connectivity index (χ2n) is 3.48. The number of carboxylic acids is 1. The van der Waals surface area contributed by atoms with Crippen LogP contribution in [0.15, 0.2) is 18.2 Å². The molecule has 1 heterocycles. The highest BCUT2D eigenvalue weighted by Crippen LogP contribution is 2.35. The Morgan fingerprint density at radius 1 is 1.56 bits per heavy atom. The molecule has 0 aromatic heterocycles. The summed E-state index contributed by atoms with van der Waals surface area (Å²) < 4.78 is 0. The minimum absolute atomic E-state index is 0.0307. The number of nitrogens with one attached hydrogen (secondary N) is 1. The molecule has 16 heavy (non-hydrogen) atoms. The number of aliphatic carboxylic acids is 1. The van der Waals surface area contributed by atoms with Gasteiger partial charge in [0.05, 0.1) is 10.4 Å². The molecule has 86 valence electrons. The zero-order valence-corrected chi connectivity index (χ0v) is 9.76. The molecule has 1 fully saturated rings. The highest BCUT2D eigenvalue weighted by Gasteiger charge is 2.30. The number of hydrogen-bond donors (Lipinski definition) is 3. The molecular weight excluding hydrogens is 250 g/mol. The standard InChI is InChI=1S/C10H10ClNO3S/c11-6-3-5(1-2-8(6)13)9-12-7(4-16-9)10(14)15/h1-3,7,9,12-13H,4H2,(H,14,15)/t7-,9-/m1/s1. The van der Waals surface area contributed by atoms with Crippen LogP contribution in [0.5, 0.6) is 5.75 Å². The Bertz CT molecular complexity index is 427. The lowest BCUT2D eigenvalue weighted by Gasteiger charge is -2.11. The van der Waals surface area contributed by atoms with Crippen LogP contribution in [0.25, 0.3) is 0 Å². The quantitative estimate of drug-likeness (QED) is 0.756. The van der Waals surface area contributed by atoms with Gasteiger partial charge in [0.2, 0.25) is 0 Å². The van der Waals surface area contributed by atoms with Gasteiger partial charge in [0.1, 0.15) is 11.8 Å². The zero-order chi connectivity index (χ0) is 11.7. The third kappa shape index (κ3) is 2.26. The van der Waals surface area contributed by atoms with Crippen molar-refractivity contribution in [2.24, 2.45) is 0 Å². The zero-order valence-electron chi connectivity index (χ0n) is 8.18. The average Bonchev–Trinajstić information content (AvgIpc) is 2.71. The van der Waals surface area contributed by atoms with Crippen molar-refractivity contribution < 1.29 is 15.0 Å². The van der Waals surface area contributed by atoms with E-state index in [1.165, 1.54) is 17.8 Å². The van der Waals surface area contributed by atoms with E-state index in [4.69, 9.17) is 16.7 Å². The van der Waals surface area contributed by atoms with E-state index >= 15 is 0 Å². The smallest absolute Gasteiger partial charge is 0.321 e. The maximum atomic E-state index is 10.8. The third-order valence-electron chi connectivity index (χ3n) is 2.35. The molecule has 1 aromatic carbocycles. The molecule has 0 amide bonds. The first kappa shape index (κ1) is 11.6. The first-order chi connectivity index (χ1) is 7.58. The highest BCUT2D eigenvalue weighted by atomic mass is 35.5. The van der Waals surface area contributed by atoms with Gasteiger partial charge < -0.3 is 10.2 Å². The molecule has 2 rings (SSSR count). The van der Waals surface area contributed by atoms with Crippen LogP contribution in [0, 0.1) is 0 Å². The van der Waals surface area contributed by atoms with Gasteiger partial charge in [0.15, 0.2) is 0 Å². The molecule has 0 unspecified atom stereocenters. The fraction of sp³-hybridized carbons (Fsp3) is 0.300. The van der Waals surface area contributed by atoms with Crippen molar-refractivity contribution in [1.29, 1.82) is 0 Å². The number of carbonyl (C=O) groups is 1. The van der Waals surface area contributed by atoms with E-state index in [9.17, 15) is 9.90 Å². The van der Waals surface area contributed by atoms with E-state index in [1.807, 2.05) is 0 Å². The highest BCUT2D eigenvalue weighted by molar-refractivity contribution is 7.99. The van der Waals surface area contributed by atoms with Gasteiger partial charge in [0, 0.05) is 5.75 Å². The van der Waals surface area contributed by atoms with Crippen molar-refractivity contribution in [3.8, 4) is 5.75 Å². The number of phenols is 1. The summed E-state index contributed by atoms with van der Waals surface area (Å²) in [5.74, 6) is -0.290. The van der Waals surface area contributed by atoms with Crippen LogP contribution in [0.4, 0.5) is 0 Å². The number of phenolic OH excluding ortho intramolecular Hbond substituents is 1. The van der Waals surface area contributed by atoms with Gasteiger partial charge in [-0.15, -0.1) is 11.8 Å². The Morgan fingerprint density at radius 2 is 2.31 bits per heavy atom. The summed E-state index contributed by atoms with van der Waals surface area (Å²) in [5, 5.41) is 21.3. The van der Waals surface area contributed by atoms with Gasteiger partial charge >= 0.3 is 5.97 Å². The summed E-state index contributed by atoms with van der Waals surface area (Å²) in [5.41, 5.74) is 0.872. The van der Waals surface area contributed by atoms with Crippen molar-refractivity contribution >= 4 is 29.3 Å². The van der Waals surface area contributed by atoms with E-state index in [0.29, 0.717) is 5.75 Å². The topological polar surface area (TPSA) is 69.6 Å². The van der Waals surface area contributed by atoms with Crippen molar-refractivity contribution in [2.75, 3.05) is 5.75 Å². The summed E-state index contributed by atoms with van der Waals surface area (Å²) in [6.07, 6.45) is 0. The first-order valence-corrected chi connectivity index (χ1v) is 6.09. The van der Waals surface area contributed by atoms with Crippen LogP contribution < -0.4 is 5.32 Å². The minimum Gasteiger partial charge on any atom is -0.506 e. The van der Waals surface area contributed by atoms with Crippen LogP contribution >= 0.6 is 23.4 Å². The van der Waals surface area contributed by atoms with Gasteiger partial charge in [-0.2, -0.15) is 0 Å². The monoisotopic (exact) mass is 259 g/mol. The number of aromatic hydroxyl groups is 1. The summed E-state index contributed by atoms with van der Waals surface area (Å²) in [7, 11) is 0. The number of hydrogen-bond acceptors (Lipinski definition) is 4. The molecule has 0 bridgehead atoms. The first-order valence-electron chi connectivity index (χ1n) is 4.67. The lowest BCUT2D eigenvalue weighted by molar-refractivity contribution is -0.138. The second kappa shape index (κ2) is 4.53. The van der Waals surface area contributed by atoms with E-state index in [2.05, 4.69) is 5.32 Å². The number of rotatable bonds is 2. The Hall–Kier alpha value is -0.910. The number of halogens is 1. The Labute approximate surface area is 102 Å². The molecule has 4 nitrogen and oxygen atoms in total. The Balaban J connectivity index is 2.14. The summed E-state index contributed by atoms with van der Waals surface area (Å²) in [6, 6.07) is 4.36. The van der Waals surface area contributed by atoms with Gasteiger partial charge in [-0.05, 0) is 17.7 Å². The third-order valence-corrected chi connectivity index (χ3v) is 3.92. The Kier molecular flexibility index (Phi) is 3.28. The Morgan fingerprint density at radius 3 is 2.88 bits per heavy atom.